The van der Waals surface area contributed by atoms with Gasteiger partial charge < -0.3 is 16.4 Å². The molecule has 0 aromatic rings. The van der Waals surface area contributed by atoms with Crippen LogP contribution in [0.3, 0.4) is 0 Å². The summed E-state index contributed by atoms with van der Waals surface area (Å²) in [6.45, 7) is 4.06. The van der Waals surface area contributed by atoms with Crippen molar-refractivity contribution in [3.8, 4) is 0 Å². The summed E-state index contributed by atoms with van der Waals surface area (Å²) in [5.74, 6) is 0. The van der Waals surface area contributed by atoms with Crippen molar-refractivity contribution in [1.82, 2.24) is 10.6 Å². The molecule has 0 aromatic heterocycles. The van der Waals surface area contributed by atoms with Crippen LogP contribution in [0.15, 0.2) is 0 Å². The highest BCUT2D eigenvalue weighted by atomic mass is 16.2. The fraction of sp³-hybridized carbons (Fsp3) is 0.875. The number of hydrogen-bond acceptors (Lipinski definition) is 2. The molecule has 4 heteroatoms. The van der Waals surface area contributed by atoms with Crippen LogP contribution >= 0.6 is 0 Å². The van der Waals surface area contributed by atoms with Crippen LogP contribution in [0, 0.1) is 0 Å². The average Bonchev–Trinajstić information content (AvgIpc) is 1.99. The highest BCUT2D eigenvalue weighted by Crippen LogP contribution is 1.99. The third-order valence-electron chi connectivity index (χ3n) is 1.91. The predicted octanol–water partition coefficient (Wildman–Crippen LogP) is 0.431. The number of carbonyl (C=O) groups is 1. The second kappa shape index (κ2) is 5.83. The molecule has 0 aliphatic heterocycles. The van der Waals surface area contributed by atoms with E-state index in [1.165, 1.54) is 0 Å². The zero-order chi connectivity index (χ0) is 9.56. The van der Waals surface area contributed by atoms with Gasteiger partial charge in [-0.25, -0.2) is 4.79 Å². The van der Waals surface area contributed by atoms with Gasteiger partial charge in [0.1, 0.15) is 0 Å². The Labute approximate surface area is 73.9 Å². The third-order valence-corrected chi connectivity index (χ3v) is 1.91. The Kier molecular flexibility index (Phi) is 5.45. The molecule has 4 N–H and O–H groups in total. The summed E-state index contributed by atoms with van der Waals surface area (Å²) in [5, 5.41) is 5.76. The molecule has 12 heavy (non-hydrogen) atoms. The molecule has 72 valence electrons. The lowest BCUT2D eigenvalue weighted by Gasteiger charge is -2.15. The van der Waals surface area contributed by atoms with E-state index in [1.807, 2.05) is 14.0 Å². The molecule has 0 spiro atoms. The number of nitrogens with two attached hydrogens (primary N) is 1. The molecule has 0 fully saturated rings. The third kappa shape index (κ3) is 5.97. The number of amides is 2. The van der Waals surface area contributed by atoms with E-state index in [9.17, 15) is 4.79 Å². The van der Waals surface area contributed by atoms with Gasteiger partial charge in [-0.3, -0.25) is 0 Å². The number of primary amides is 1. The summed E-state index contributed by atoms with van der Waals surface area (Å²) in [7, 11) is 1.93. The van der Waals surface area contributed by atoms with Crippen LogP contribution in [0.2, 0.25) is 0 Å². The van der Waals surface area contributed by atoms with E-state index in [-0.39, 0.29) is 6.04 Å². The van der Waals surface area contributed by atoms with E-state index >= 15 is 0 Å². The first-order valence-electron chi connectivity index (χ1n) is 4.29. The lowest BCUT2D eigenvalue weighted by atomic mass is 10.1. The van der Waals surface area contributed by atoms with Gasteiger partial charge in [0.25, 0.3) is 0 Å². The van der Waals surface area contributed by atoms with E-state index < -0.39 is 6.03 Å². The van der Waals surface area contributed by atoms with E-state index in [1.54, 1.807) is 0 Å². The Morgan fingerprint density at radius 3 is 2.25 bits per heavy atom. The van der Waals surface area contributed by atoms with Gasteiger partial charge in [-0.1, -0.05) is 0 Å². The van der Waals surface area contributed by atoms with Crippen molar-refractivity contribution in [2.75, 3.05) is 7.05 Å². The van der Waals surface area contributed by atoms with Crippen LogP contribution in [0.5, 0.6) is 0 Å². The molecule has 0 aliphatic carbocycles. The molecule has 2 amide bonds. The van der Waals surface area contributed by atoms with Crippen molar-refractivity contribution in [2.45, 2.75) is 38.8 Å². The van der Waals surface area contributed by atoms with Crippen molar-refractivity contribution < 1.29 is 4.79 Å². The quantitative estimate of drug-likeness (QED) is 0.564. The number of nitrogens with one attached hydrogen (secondary N) is 2. The second-order valence-electron chi connectivity index (χ2n) is 3.18. The van der Waals surface area contributed by atoms with Crippen molar-refractivity contribution in [3.63, 3.8) is 0 Å². The summed E-state index contributed by atoms with van der Waals surface area (Å²) < 4.78 is 0. The van der Waals surface area contributed by atoms with Gasteiger partial charge in [0, 0.05) is 12.1 Å². The van der Waals surface area contributed by atoms with Gasteiger partial charge in [-0.15, -0.1) is 0 Å². The van der Waals surface area contributed by atoms with Crippen LogP contribution in [-0.4, -0.2) is 25.2 Å². The van der Waals surface area contributed by atoms with Gasteiger partial charge >= 0.3 is 6.03 Å². The van der Waals surface area contributed by atoms with E-state index in [0.29, 0.717) is 6.04 Å². The van der Waals surface area contributed by atoms with Crippen LogP contribution in [0.25, 0.3) is 0 Å². The second-order valence-corrected chi connectivity index (χ2v) is 3.18. The molecule has 4 nitrogen and oxygen atoms in total. The molecule has 0 aliphatic rings. The SMILES string of the molecule is CNC(C)CCC(C)NC(N)=O. The van der Waals surface area contributed by atoms with Crippen LogP contribution < -0.4 is 16.4 Å². The van der Waals surface area contributed by atoms with Gasteiger partial charge in [0.2, 0.25) is 0 Å². The lowest BCUT2D eigenvalue weighted by Crippen LogP contribution is -2.37. The first kappa shape index (κ1) is 11.2. The molecule has 2 atom stereocenters. The molecule has 0 rings (SSSR count). The summed E-state index contributed by atoms with van der Waals surface area (Å²) in [4.78, 5) is 10.4. The summed E-state index contributed by atoms with van der Waals surface area (Å²) in [6.07, 6.45) is 1.99. The monoisotopic (exact) mass is 173 g/mol. The maximum absolute atomic E-state index is 10.4. The van der Waals surface area contributed by atoms with Gasteiger partial charge in [-0.2, -0.15) is 0 Å². The Bertz CT molecular complexity index is 138. The zero-order valence-corrected chi connectivity index (χ0v) is 8.05. The largest absolute Gasteiger partial charge is 0.352 e. The van der Waals surface area contributed by atoms with Crippen molar-refractivity contribution in [2.24, 2.45) is 5.73 Å². The fourth-order valence-electron chi connectivity index (χ4n) is 0.959. The van der Waals surface area contributed by atoms with Crippen LogP contribution in [-0.2, 0) is 0 Å². The van der Waals surface area contributed by atoms with E-state index in [4.69, 9.17) is 5.73 Å². The smallest absolute Gasteiger partial charge is 0.312 e. The van der Waals surface area contributed by atoms with E-state index in [2.05, 4.69) is 17.6 Å². The van der Waals surface area contributed by atoms with Crippen molar-refractivity contribution >= 4 is 6.03 Å². The Morgan fingerprint density at radius 1 is 1.33 bits per heavy atom. The van der Waals surface area contributed by atoms with Gasteiger partial charge in [0.15, 0.2) is 0 Å². The number of carbonyl (C=O) groups excluding carboxylic acids is 1. The first-order chi connectivity index (χ1) is 5.56. The van der Waals surface area contributed by atoms with Crippen molar-refractivity contribution in [3.05, 3.63) is 0 Å². The van der Waals surface area contributed by atoms with Gasteiger partial charge in [-0.05, 0) is 33.7 Å². The van der Waals surface area contributed by atoms with E-state index in [0.717, 1.165) is 12.8 Å². The molecule has 0 heterocycles. The molecule has 0 radical (unpaired) electrons. The normalized spacial score (nSPS) is 15.2. The summed E-state index contributed by atoms with van der Waals surface area (Å²) in [6, 6.07) is 0.208. The minimum atomic E-state index is -0.445. The highest BCUT2D eigenvalue weighted by Gasteiger charge is 2.05. The summed E-state index contributed by atoms with van der Waals surface area (Å²) >= 11 is 0. The first-order valence-corrected chi connectivity index (χ1v) is 4.29. The minimum Gasteiger partial charge on any atom is -0.352 e. The Balaban J connectivity index is 3.43. The average molecular weight is 173 g/mol. The number of rotatable bonds is 5. The zero-order valence-electron chi connectivity index (χ0n) is 8.05. The maximum Gasteiger partial charge on any atom is 0.312 e. The standard InChI is InChI=1S/C8H19N3O/c1-6(10-3)4-5-7(2)11-8(9)12/h6-7,10H,4-5H2,1-3H3,(H3,9,11,12). The maximum atomic E-state index is 10.4. The molecule has 0 saturated carbocycles. The fourth-order valence-corrected chi connectivity index (χ4v) is 0.959. The number of urea groups is 1. The summed E-state index contributed by atoms with van der Waals surface area (Å²) in [5.41, 5.74) is 4.97. The molecular formula is C8H19N3O. The molecule has 0 saturated heterocycles. The van der Waals surface area contributed by atoms with Crippen LogP contribution in [0.4, 0.5) is 4.79 Å². The van der Waals surface area contributed by atoms with Crippen molar-refractivity contribution in [1.29, 1.82) is 0 Å². The highest BCUT2D eigenvalue weighted by molar-refractivity contribution is 5.71. The lowest BCUT2D eigenvalue weighted by molar-refractivity contribution is 0.245. The predicted molar refractivity (Wildman–Crippen MR) is 49.9 cm³/mol. The minimum absolute atomic E-state index is 0.165. The molecule has 0 aromatic carbocycles. The number of hydrogen-bond donors (Lipinski definition) is 3. The Morgan fingerprint density at radius 2 is 1.83 bits per heavy atom. The topological polar surface area (TPSA) is 67.2 Å². The Hall–Kier alpha value is -0.770. The molecular weight excluding hydrogens is 154 g/mol. The van der Waals surface area contributed by atoms with Crippen LogP contribution in [0.1, 0.15) is 26.7 Å². The van der Waals surface area contributed by atoms with Gasteiger partial charge in [0.05, 0.1) is 0 Å². The molecule has 2 unspecified atom stereocenters. The molecule has 0 bridgehead atoms.